The van der Waals surface area contributed by atoms with Gasteiger partial charge < -0.3 is 10.7 Å². The maximum atomic E-state index is 13.7. The number of hydrogen-bond donors (Lipinski definition) is 3. The first kappa shape index (κ1) is 14.5. The minimum Gasteiger partial charge on any atom is -0.338 e. The average Bonchev–Trinajstić information content (AvgIpc) is 2.42. The number of nitrogens with zero attached hydrogens (tertiary/aromatic N) is 2. The number of anilines is 3. The standard InChI is InChI=1S/C13H15ClFN5/c1-7(2)13-18-11(6-12(19-13)20-16)17-10-5-8(14)3-4-9(10)15/h3-7H,16H2,1-2H3,(H2,17,18,19,20). The molecule has 2 aromatic rings. The van der Waals surface area contributed by atoms with Gasteiger partial charge in [-0.1, -0.05) is 25.4 Å². The van der Waals surface area contributed by atoms with Gasteiger partial charge in [0.15, 0.2) is 0 Å². The number of nitrogens with two attached hydrogens (primary N) is 1. The van der Waals surface area contributed by atoms with Crippen LogP contribution in [-0.4, -0.2) is 9.97 Å². The highest BCUT2D eigenvalue weighted by molar-refractivity contribution is 6.30. The lowest BCUT2D eigenvalue weighted by atomic mass is 10.2. The van der Waals surface area contributed by atoms with Crippen molar-refractivity contribution in [2.75, 3.05) is 10.7 Å². The van der Waals surface area contributed by atoms with Gasteiger partial charge in [0.05, 0.1) is 5.69 Å². The van der Waals surface area contributed by atoms with E-state index < -0.39 is 5.82 Å². The first-order chi connectivity index (χ1) is 9.49. The Bertz CT molecular complexity index is 618. The molecule has 20 heavy (non-hydrogen) atoms. The third-order valence-electron chi connectivity index (χ3n) is 2.60. The number of nitrogen functional groups attached to an aromatic ring is 1. The Morgan fingerprint density at radius 1 is 1.20 bits per heavy atom. The molecule has 0 saturated carbocycles. The minimum absolute atomic E-state index is 0.119. The van der Waals surface area contributed by atoms with E-state index in [0.29, 0.717) is 22.5 Å². The Kier molecular flexibility index (Phi) is 4.36. The van der Waals surface area contributed by atoms with Crippen molar-refractivity contribution in [3.8, 4) is 0 Å². The molecule has 1 heterocycles. The smallest absolute Gasteiger partial charge is 0.146 e. The van der Waals surface area contributed by atoms with E-state index >= 15 is 0 Å². The summed E-state index contributed by atoms with van der Waals surface area (Å²) in [4.78, 5) is 8.55. The maximum absolute atomic E-state index is 13.7. The second-order valence-electron chi connectivity index (χ2n) is 4.54. The van der Waals surface area contributed by atoms with Crippen molar-refractivity contribution in [3.05, 3.63) is 40.9 Å². The summed E-state index contributed by atoms with van der Waals surface area (Å²) in [6.07, 6.45) is 0. The molecule has 0 aliphatic heterocycles. The fourth-order valence-electron chi connectivity index (χ4n) is 1.59. The lowest BCUT2D eigenvalue weighted by Crippen LogP contribution is -2.12. The van der Waals surface area contributed by atoms with Gasteiger partial charge in [-0.15, -0.1) is 0 Å². The lowest BCUT2D eigenvalue weighted by molar-refractivity contribution is 0.631. The van der Waals surface area contributed by atoms with Crippen LogP contribution >= 0.6 is 11.6 Å². The molecule has 0 saturated heterocycles. The Morgan fingerprint density at radius 3 is 2.55 bits per heavy atom. The van der Waals surface area contributed by atoms with Gasteiger partial charge in [-0.25, -0.2) is 20.2 Å². The summed E-state index contributed by atoms with van der Waals surface area (Å²) in [6, 6.07) is 5.85. The van der Waals surface area contributed by atoms with E-state index in [0.717, 1.165) is 0 Å². The second-order valence-corrected chi connectivity index (χ2v) is 4.98. The molecule has 0 atom stereocenters. The van der Waals surface area contributed by atoms with E-state index in [1.165, 1.54) is 18.2 Å². The number of benzene rings is 1. The summed E-state index contributed by atoms with van der Waals surface area (Å²) in [6.45, 7) is 3.92. The van der Waals surface area contributed by atoms with E-state index in [-0.39, 0.29) is 11.6 Å². The Labute approximate surface area is 121 Å². The second kappa shape index (κ2) is 6.02. The Morgan fingerprint density at radius 2 is 1.90 bits per heavy atom. The molecule has 0 amide bonds. The van der Waals surface area contributed by atoms with Crippen LogP contribution < -0.4 is 16.6 Å². The fourth-order valence-corrected chi connectivity index (χ4v) is 1.77. The number of halogens is 2. The third kappa shape index (κ3) is 3.34. The van der Waals surface area contributed by atoms with Crippen LogP contribution in [0.15, 0.2) is 24.3 Å². The van der Waals surface area contributed by atoms with E-state index in [2.05, 4.69) is 20.7 Å². The van der Waals surface area contributed by atoms with Crippen LogP contribution in [0.3, 0.4) is 0 Å². The molecule has 106 valence electrons. The molecule has 1 aromatic heterocycles. The minimum atomic E-state index is -0.415. The van der Waals surface area contributed by atoms with Gasteiger partial charge in [-0.2, -0.15) is 0 Å². The van der Waals surface area contributed by atoms with Crippen LogP contribution in [0.25, 0.3) is 0 Å². The summed E-state index contributed by atoms with van der Waals surface area (Å²) in [5.74, 6) is 6.57. The van der Waals surface area contributed by atoms with Gasteiger partial charge in [0.25, 0.3) is 0 Å². The van der Waals surface area contributed by atoms with Crippen molar-refractivity contribution in [2.45, 2.75) is 19.8 Å². The zero-order valence-electron chi connectivity index (χ0n) is 11.1. The Balaban J connectivity index is 2.37. The zero-order chi connectivity index (χ0) is 14.7. The predicted molar refractivity (Wildman–Crippen MR) is 78.6 cm³/mol. The number of nitrogens with one attached hydrogen (secondary N) is 2. The summed E-state index contributed by atoms with van der Waals surface area (Å²) in [5.41, 5.74) is 2.71. The molecule has 0 bridgehead atoms. The average molecular weight is 296 g/mol. The zero-order valence-corrected chi connectivity index (χ0v) is 11.9. The number of rotatable bonds is 4. The van der Waals surface area contributed by atoms with E-state index in [1.54, 1.807) is 6.07 Å². The van der Waals surface area contributed by atoms with Gasteiger partial charge in [0, 0.05) is 17.0 Å². The van der Waals surface area contributed by atoms with Crippen molar-refractivity contribution < 1.29 is 4.39 Å². The molecule has 0 radical (unpaired) electrons. The van der Waals surface area contributed by atoms with Gasteiger partial charge in [0.2, 0.25) is 0 Å². The molecule has 0 spiro atoms. The summed E-state index contributed by atoms with van der Waals surface area (Å²) in [7, 11) is 0. The molecule has 5 nitrogen and oxygen atoms in total. The molecule has 7 heteroatoms. The molecule has 0 aliphatic carbocycles. The van der Waals surface area contributed by atoms with E-state index in [1.807, 2.05) is 13.8 Å². The summed E-state index contributed by atoms with van der Waals surface area (Å²) < 4.78 is 13.7. The van der Waals surface area contributed by atoms with E-state index in [4.69, 9.17) is 17.4 Å². The van der Waals surface area contributed by atoms with Crippen LogP contribution in [0.1, 0.15) is 25.6 Å². The van der Waals surface area contributed by atoms with Crippen LogP contribution in [0, 0.1) is 5.82 Å². The molecular formula is C13H15ClFN5. The molecule has 2 rings (SSSR count). The molecule has 4 N–H and O–H groups in total. The largest absolute Gasteiger partial charge is 0.338 e. The highest BCUT2D eigenvalue weighted by atomic mass is 35.5. The van der Waals surface area contributed by atoms with Gasteiger partial charge in [0.1, 0.15) is 23.3 Å². The van der Waals surface area contributed by atoms with Crippen molar-refractivity contribution in [1.29, 1.82) is 0 Å². The highest BCUT2D eigenvalue weighted by Crippen LogP contribution is 2.24. The molecule has 0 fully saturated rings. The number of hydrazine groups is 1. The van der Waals surface area contributed by atoms with Crippen LogP contribution in [-0.2, 0) is 0 Å². The Hall–Kier alpha value is -1.92. The topological polar surface area (TPSA) is 75.9 Å². The predicted octanol–water partition coefficient (Wildman–Crippen LogP) is 3.42. The maximum Gasteiger partial charge on any atom is 0.146 e. The van der Waals surface area contributed by atoms with Crippen LogP contribution in [0.4, 0.5) is 21.7 Å². The lowest BCUT2D eigenvalue weighted by Gasteiger charge is -2.12. The van der Waals surface area contributed by atoms with Crippen LogP contribution in [0.2, 0.25) is 5.02 Å². The normalized spacial score (nSPS) is 10.7. The van der Waals surface area contributed by atoms with Crippen LogP contribution in [0.5, 0.6) is 0 Å². The van der Waals surface area contributed by atoms with Crippen molar-refractivity contribution >= 4 is 28.9 Å². The third-order valence-corrected chi connectivity index (χ3v) is 2.83. The van der Waals surface area contributed by atoms with Gasteiger partial charge in [-0.05, 0) is 18.2 Å². The monoisotopic (exact) mass is 295 g/mol. The summed E-state index contributed by atoms with van der Waals surface area (Å²) >= 11 is 5.85. The van der Waals surface area contributed by atoms with Crippen molar-refractivity contribution in [2.24, 2.45) is 5.84 Å². The number of aromatic nitrogens is 2. The quantitative estimate of drug-likeness (QED) is 0.595. The first-order valence-corrected chi connectivity index (χ1v) is 6.45. The summed E-state index contributed by atoms with van der Waals surface area (Å²) in [5, 5.41) is 3.31. The SMILES string of the molecule is CC(C)c1nc(NN)cc(Nc2cc(Cl)ccc2F)n1. The number of hydrogen-bond acceptors (Lipinski definition) is 5. The first-order valence-electron chi connectivity index (χ1n) is 6.07. The molecule has 1 aromatic carbocycles. The van der Waals surface area contributed by atoms with Gasteiger partial charge in [-0.3, -0.25) is 0 Å². The molecule has 0 unspecified atom stereocenters. The highest BCUT2D eigenvalue weighted by Gasteiger charge is 2.10. The van der Waals surface area contributed by atoms with Crippen molar-refractivity contribution in [3.63, 3.8) is 0 Å². The molecule has 0 aliphatic rings. The van der Waals surface area contributed by atoms with Crippen molar-refractivity contribution in [1.82, 2.24) is 9.97 Å². The molecular weight excluding hydrogens is 281 g/mol. The fraction of sp³-hybridized carbons (Fsp3) is 0.231. The van der Waals surface area contributed by atoms with E-state index in [9.17, 15) is 4.39 Å². The van der Waals surface area contributed by atoms with Gasteiger partial charge >= 0.3 is 0 Å².